The van der Waals surface area contributed by atoms with Crippen molar-refractivity contribution in [3.8, 4) is 11.5 Å². The van der Waals surface area contributed by atoms with Crippen LogP contribution >= 0.6 is 11.6 Å². The number of hydrogen-bond acceptors (Lipinski definition) is 4. The molecule has 1 saturated heterocycles. The molecule has 1 fully saturated rings. The molecule has 1 N–H and O–H groups in total. The Morgan fingerprint density at radius 2 is 1.79 bits per heavy atom. The smallest absolute Gasteiger partial charge is 0.260 e. The summed E-state index contributed by atoms with van der Waals surface area (Å²) >= 11 is 6.13. The van der Waals surface area contributed by atoms with E-state index < -0.39 is 6.10 Å². The lowest BCUT2D eigenvalue weighted by atomic mass is 10.0. The standard InChI is InChI=1S/C23H29ClN2O3/c1-17(29-22-9-5-4-8-20(22)24)23(27)25-16-21(26-14-6-3-7-15-26)18-10-12-19(28-2)13-11-18/h4-5,8-13,17,21H,3,6-7,14-16H2,1-2H3,(H,25,27)/t17-,21-/m1/s1. The van der Waals surface area contributed by atoms with Crippen LogP contribution < -0.4 is 14.8 Å². The molecular formula is C23H29ClN2O3. The summed E-state index contributed by atoms with van der Waals surface area (Å²) in [5, 5.41) is 3.56. The second kappa shape index (κ2) is 10.5. The van der Waals surface area contributed by atoms with Gasteiger partial charge in [0.25, 0.3) is 5.91 Å². The van der Waals surface area contributed by atoms with Crippen LogP contribution in [0.25, 0.3) is 0 Å². The van der Waals surface area contributed by atoms with E-state index in [-0.39, 0.29) is 11.9 Å². The highest BCUT2D eigenvalue weighted by molar-refractivity contribution is 6.32. The maximum Gasteiger partial charge on any atom is 0.260 e. The zero-order chi connectivity index (χ0) is 20.6. The summed E-state index contributed by atoms with van der Waals surface area (Å²) in [6.07, 6.45) is 3.01. The molecular weight excluding hydrogens is 388 g/mol. The molecule has 1 aliphatic heterocycles. The van der Waals surface area contributed by atoms with Crippen molar-refractivity contribution < 1.29 is 14.3 Å². The van der Waals surface area contributed by atoms with Crippen LogP contribution in [-0.4, -0.2) is 43.7 Å². The molecule has 29 heavy (non-hydrogen) atoms. The second-order valence-corrected chi connectivity index (χ2v) is 7.73. The Morgan fingerprint density at radius 1 is 1.10 bits per heavy atom. The van der Waals surface area contributed by atoms with E-state index in [4.69, 9.17) is 21.1 Å². The second-order valence-electron chi connectivity index (χ2n) is 7.32. The summed E-state index contributed by atoms with van der Waals surface area (Å²) in [4.78, 5) is 15.1. The van der Waals surface area contributed by atoms with Gasteiger partial charge < -0.3 is 14.8 Å². The lowest BCUT2D eigenvalue weighted by molar-refractivity contribution is -0.127. The fourth-order valence-corrected chi connectivity index (χ4v) is 3.82. The SMILES string of the molecule is COc1ccc([C@@H](CNC(=O)[C@@H](C)Oc2ccccc2Cl)N2CCCCC2)cc1. The van der Waals surface area contributed by atoms with Gasteiger partial charge >= 0.3 is 0 Å². The average Bonchev–Trinajstić information content (AvgIpc) is 2.76. The number of methoxy groups -OCH3 is 1. The first-order valence-electron chi connectivity index (χ1n) is 10.2. The maximum atomic E-state index is 12.7. The van der Waals surface area contributed by atoms with E-state index in [1.54, 1.807) is 26.2 Å². The van der Waals surface area contributed by atoms with Gasteiger partial charge in [-0.3, -0.25) is 9.69 Å². The summed E-state index contributed by atoms with van der Waals surface area (Å²) < 4.78 is 11.0. The average molecular weight is 417 g/mol. The molecule has 5 nitrogen and oxygen atoms in total. The van der Waals surface area contributed by atoms with E-state index in [1.807, 2.05) is 24.3 Å². The van der Waals surface area contributed by atoms with Crippen molar-refractivity contribution in [3.05, 3.63) is 59.1 Å². The summed E-state index contributed by atoms with van der Waals surface area (Å²) in [6, 6.07) is 15.4. The van der Waals surface area contributed by atoms with E-state index in [0.29, 0.717) is 17.3 Å². The van der Waals surface area contributed by atoms with Crippen molar-refractivity contribution in [2.75, 3.05) is 26.7 Å². The minimum atomic E-state index is -0.632. The summed E-state index contributed by atoms with van der Waals surface area (Å²) in [5.41, 5.74) is 1.17. The van der Waals surface area contributed by atoms with E-state index in [2.05, 4.69) is 22.3 Å². The molecule has 0 unspecified atom stereocenters. The monoisotopic (exact) mass is 416 g/mol. The van der Waals surface area contributed by atoms with Crippen LogP contribution in [0.2, 0.25) is 5.02 Å². The topological polar surface area (TPSA) is 50.8 Å². The van der Waals surface area contributed by atoms with Crippen LogP contribution in [0.15, 0.2) is 48.5 Å². The van der Waals surface area contributed by atoms with Gasteiger partial charge in [0.15, 0.2) is 6.10 Å². The third kappa shape index (κ3) is 5.87. The Hall–Kier alpha value is -2.24. The molecule has 0 aromatic heterocycles. The third-order valence-electron chi connectivity index (χ3n) is 5.31. The number of carbonyl (C=O) groups excluding carboxylic acids is 1. The van der Waals surface area contributed by atoms with Crippen molar-refractivity contribution >= 4 is 17.5 Å². The number of halogens is 1. The first-order valence-corrected chi connectivity index (χ1v) is 10.5. The van der Waals surface area contributed by atoms with Crippen LogP contribution in [0, 0.1) is 0 Å². The number of nitrogens with zero attached hydrogens (tertiary/aromatic N) is 1. The number of rotatable bonds is 8. The summed E-state index contributed by atoms with van der Waals surface area (Å²) in [7, 11) is 1.66. The number of carbonyl (C=O) groups is 1. The molecule has 1 heterocycles. The Kier molecular flexibility index (Phi) is 7.78. The Bertz CT molecular complexity index is 791. The normalized spacial score (nSPS) is 16.7. The highest BCUT2D eigenvalue weighted by atomic mass is 35.5. The number of amides is 1. The van der Waals surface area contributed by atoms with Crippen LogP contribution in [0.3, 0.4) is 0 Å². The first kappa shape index (κ1) is 21.5. The number of piperidine rings is 1. The fraction of sp³-hybridized carbons (Fsp3) is 0.435. The molecule has 2 aromatic rings. The number of nitrogens with one attached hydrogen (secondary N) is 1. The number of likely N-dealkylation sites (tertiary alicyclic amines) is 1. The predicted octanol–water partition coefficient (Wildman–Crippen LogP) is 4.46. The maximum absolute atomic E-state index is 12.7. The van der Waals surface area contributed by atoms with Crippen molar-refractivity contribution in [2.45, 2.75) is 38.3 Å². The van der Waals surface area contributed by atoms with E-state index >= 15 is 0 Å². The molecule has 0 saturated carbocycles. The van der Waals surface area contributed by atoms with Gasteiger partial charge in [-0.05, 0) is 62.7 Å². The highest BCUT2D eigenvalue weighted by Gasteiger charge is 2.24. The largest absolute Gasteiger partial charge is 0.497 e. The fourth-order valence-electron chi connectivity index (χ4n) is 3.64. The summed E-state index contributed by atoms with van der Waals surface area (Å²) in [6.45, 7) is 4.35. The van der Waals surface area contributed by atoms with Gasteiger partial charge in [-0.15, -0.1) is 0 Å². The molecule has 2 aromatic carbocycles. The molecule has 0 aliphatic carbocycles. The molecule has 1 amide bonds. The molecule has 156 valence electrons. The summed E-state index contributed by atoms with van der Waals surface area (Å²) in [5.74, 6) is 1.19. The minimum Gasteiger partial charge on any atom is -0.497 e. The van der Waals surface area contributed by atoms with Crippen molar-refractivity contribution in [2.24, 2.45) is 0 Å². The minimum absolute atomic E-state index is 0.123. The Morgan fingerprint density at radius 3 is 2.45 bits per heavy atom. The predicted molar refractivity (Wildman–Crippen MR) is 116 cm³/mol. The molecule has 0 bridgehead atoms. The van der Waals surface area contributed by atoms with Gasteiger partial charge in [0.1, 0.15) is 11.5 Å². The number of ether oxygens (including phenoxy) is 2. The zero-order valence-electron chi connectivity index (χ0n) is 17.1. The Labute approximate surface area is 177 Å². The third-order valence-corrected chi connectivity index (χ3v) is 5.62. The van der Waals surface area contributed by atoms with Crippen LogP contribution in [0.5, 0.6) is 11.5 Å². The van der Waals surface area contributed by atoms with E-state index in [0.717, 1.165) is 18.8 Å². The van der Waals surface area contributed by atoms with Gasteiger partial charge in [-0.25, -0.2) is 0 Å². The zero-order valence-corrected chi connectivity index (χ0v) is 17.8. The van der Waals surface area contributed by atoms with E-state index in [9.17, 15) is 4.79 Å². The van der Waals surface area contributed by atoms with Crippen LogP contribution in [0.1, 0.15) is 37.8 Å². The van der Waals surface area contributed by atoms with Gasteiger partial charge in [-0.1, -0.05) is 42.3 Å². The number of para-hydroxylation sites is 1. The van der Waals surface area contributed by atoms with Crippen molar-refractivity contribution in [1.29, 1.82) is 0 Å². The lowest BCUT2D eigenvalue weighted by Crippen LogP contribution is -2.43. The van der Waals surface area contributed by atoms with Crippen LogP contribution in [-0.2, 0) is 4.79 Å². The van der Waals surface area contributed by atoms with Gasteiger partial charge in [-0.2, -0.15) is 0 Å². The molecule has 1 aliphatic rings. The van der Waals surface area contributed by atoms with Crippen LogP contribution in [0.4, 0.5) is 0 Å². The van der Waals surface area contributed by atoms with Gasteiger partial charge in [0.05, 0.1) is 18.2 Å². The number of hydrogen-bond donors (Lipinski definition) is 1. The highest BCUT2D eigenvalue weighted by Crippen LogP contribution is 2.27. The van der Waals surface area contributed by atoms with Crippen molar-refractivity contribution in [3.63, 3.8) is 0 Å². The van der Waals surface area contributed by atoms with Gasteiger partial charge in [0.2, 0.25) is 0 Å². The van der Waals surface area contributed by atoms with E-state index in [1.165, 1.54) is 24.8 Å². The molecule has 6 heteroatoms. The van der Waals surface area contributed by atoms with Crippen molar-refractivity contribution in [1.82, 2.24) is 10.2 Å². The molecule has 2 atom stereocenters. The first-order chi connectivity index (χ1) is 14.1. The Balaban J connectivity index is 1.65. The lowest BCUT2D eigenvalue weighted by Gasteiger charge is -2.35. The van der Waals surface area contributed by atoms with Gasteiger partial charge in [0, 0.05) is 6.54 Å². The quantitative estimate of drug-likeness (QED) is 0.690. The molecule has 3 rings (SSSR count). The molecule has 0 radical (unpaired) electrons. The molecule has 0 spiro atoms. The number of benzene rings is 2.